The lowest BCUT2D eigenvalue weighted by Crippen LogP contribution is -2.24. The number of benzene rings is 1. The van der Waals surface area contributed by atoms with E-state index in [2.05, 4.69) is 37.4 Å². The van der Waals surface area contributed by atoms with Gasteiger partial charge in [0.25, 0.3) is 0 Å². The summed E-state index contributed by atoms with van der Waals surface area (Å²) in [6.45, 7) is 7.58. The van der Waals surface area contributed by atoms with Crippen molar-refractivity contribution in [2.75, 3.05) is 33.4 Å². The summed E-state index contributed by atoms with van der Waals surface area (Å²) in [4.78, 5) is 0. The zero-order valence-corrected chi connectivity index (χ0v) is 11.7. The van der Waals surface area contributed by atoms with Crippen LogP contribution in [0.4, 0.5) is 0 Å². The summed E-state index contributed by atoms with van der Waals surface area (Å²) in [5, 5.41) is 3.27. The van der Waals surface area contributed by atoms with Crippen LogP contribution in [0.1, 0.15) is 31.7 Å². The average molecular weight is 251 g/mol. The van der Waals surface area contributed by atoms with E-state index in [1.165, 1.54) is 5.56 Å². The van der Waals surface area contributed by atoms with E-state index in [1.807, 2.05) is 6.07 Å². The molecule has 102 valence electrons. The van der Waals surface area contributed by atoms with E-state index in [0.29, 0.717) is 12.5 Å². The molecule has 0 spiro atoms. The van der Waals surface area contributed by atoms with Crippen LogP contribution in [0.15, 0.2) is 24.3 Å². The summed E-state index contributed by atoms with van der Waals surface area (Å²) < 4.78 is 10.8. The number of hydrogen-bond acceptors (Lipinski definition) is 3. The van der Waals surface area contributed by atoms with E-state index in [0.717, 1.165) is 31.9 Å². The third kappa shape index (κ3) is 5.07. The maximum atomic E-state index is 5.84. The molecule has 0 saturated carbocycles. The Morgan fingerprint density at radius 2 is 1.89 bits per heavy atom. The number of ether oxygens (including phenoxy) is 2. The van der Waals surface area contributed by atoms with Gasteiger partial charge in [0.2, 0.25) is 0 Å². The van der Waals surface area contributed by atoms with Gasteiger partial charge in [-0.3, -0.25) is 0 Å². The van der Waals surface area contributed by atoms with Gasteiger partial charge in [0.05, 0.1) is 6.61 Å². The number of hydrogen-bond donors (Lipinski definition) is 1. The summed E-state index contributed by atoms with van der Waals surface area (Å²) in [7, 11) is 1.71. The zero-order valence-electron chi connectivity index (χ0n) is 11.7. The zero-order chi connectivity index (χ0) is 13.2. The summed E-state index contributed by atoms with van der Waals surface area (Å²) >= 11 is 0. The minimum Gasteiger partial charge on any atom is -0.492 e. The Morgan fingerprint density at radius 3 is 2.61 bits per heavy atom. The van der Waals surface area contributed by atoms with Gasteiger partial charge in [-0.1, -0.05) is 32.0 Å². The average Bonchev–Trinajstić information content (AvgIpc) is 2.42. The monoisotopic (exact) mass is 251 g/mol. The second kappa shape index (κ2) is 8.95. The van der Waals surface area contributed by atoms with Crippen molar-refractivity contribution in [1.29, 1.82) is 0 Å². The number of nitrogens with one attached hydrogen (secondary N) is 1. The van der Waals surface area contributed by atoms with Gasteiger partial charge in [-0.25, -0.2) is 0 Å². The van der Waals surface area contributed by atoms with E-state index in [1.54, 1.807) is 7.11 Å². The van der Waals surface area contributed by atoms with Gasteiger partial charge >= 0.3 is 0 Å². The second-order valence-corrected chi connectivity index (χ2v) is 4.44. The first kappa shape index (κ1) is 15.0. The molecular formula is C15H25NO2. The molecule has 0 aliphatic rings. The molecule has 0 bridgehead atoms. The molecular weight excluding hydrogens is 226 g/mol. The normalized spacial score (nSPS) is 12.4. The molecule has 18 heavy (non-hydrogen) atoms. The van der Waals surface area contributed by atoms with Gasteiger partial charge in [0, 0.05) is 20.2 Å². The molecule has 0 amide bonds. The van der Waals surface area contributed by atoms with Crippen LogP contribution in [0.25, 0.3) is 0 Å². The van der Waals surface area contributed by atoms with Crippen LogP contribution in [-0.4, -0.2) is 33.4 Å². The maximum absolute atomic E-state index is 5.84. The van der Waals surface area contributed by atoms with Crippen molar-refractivity contribution in [2.45, 2.75) is 26.2 Å². The molecule has 0 aliphatic carbocycles. The van der Waals surface area contributed by atoms with E-state index in [9.17, 15) is 0 Å². The van der Waals surface area contributed by atoms with Gasteiger partial charge in [0.15, 0.2) is 0 Å². The molecule has 1 rings (SSSR count). The predicted octanol–water partition coefficient (Wildman–Crippen LogP) is 2.81. The van der Waals surface area contributed by atoms with E-state index in [-0.39, 0.29) is 0 Å². The Morgan fingerprint density at radius 1 is 1.17 bits per heavy atom. The molecule has 0 fully saturated rings. The first-order valence-corrected chi connectivity index (χ1v) is 6.71. The molecule has 1 N–H and O–H groups in total. The minimum absolute atomic E-state index is 0.544. The molecule has 0 heterocycles. The Hall–Kier alpha value is -1.06. The molecule has 0 aromatic heterocycles. The highest BCUT2D eigenvalue weighted by molar-refractivity contribution is 5.35. The van der Waals surface area contributed by atoms with Crippen LogP contribution in [0.3, 0.4) is 0 Å². The number of para-hydroxylation sites is 1. The molecule has 0 unspecified atom stereocenters. The summed E-state index contributed by atoms with van der Waals surface area (Å²) in [5.74, 6) is 1.56. The fourth-order valence-electron chi connectivity index (χ4n) is 1.77. The highest BCUT2D eigenvalue weighted by atomic mass is 16.5. The Balaban J connectivity index is 2.37. The Kier molecular flexibility index (Phi) is 7.46. The van der Waals surface area contributed by atoms with Crippen LogP contribution in [0.2, 0.25) is 0 Å². The van der Waals surface area contributed by atoms with Crippen LogP contribution in [0.5, 0.6) is 5.75 Å². The third-order valence-electron chi connectivity index (χ3n) is 3.08. The fourth-order valence-corrected chi connectivity index (χ4v) is 1.77. The summed E-state index contributed by atoms with van der Waals surface area (Å²) in [6, 6.07) is 8.31. The van der Waals surface area contributed by atoms with Crippen molar-refractivity contribution in [3.05, 3.63) is 29.8 Å². The number of methoxy groups -OCH3 is 1. The number of rotatable bonds is 9. The van der Waals surface area contributed by atoms with E-state index < -0.39 is 0 Å². The summed E-state index contributed by atoms with van der Waals surface area (Å²) in [6.07, 6.45) is 1.13. The van der Waals surface area contributed by atoms with Crippen molar-refractivity contribution < 1.29 is 9.47 Å². The van der Waals surface area contributed by atoms with Gasteiger partial charge in [-0.2, -0.15) is 0 Å². The molecule has 3 nitrogen and oxygen atoms in total. The first-order chi connectivity index (χ1) is 8.79. The van der Waals surface area contributed by atoms with Crippen LogP contribution >= 0.6 is 0 Å². The largest absolute Gasteiger partial charge is 0.492 e. The lowest BCUT2D eigenvalue weighted by atomic mass is 9.98. The van der Waals surface area contributed by atoms with Gasteiger partial charge < -0.3 is 14.8 Å². The molecule has 1 aromatic carbocycles. The minimum atomic E-state index is 0.544. The van der Waals surface area contributed by atoms with Crippen LogP contribution in [0, 0.1) is 0 Å². The van der Waals surface area contributed by atoms with Crippen molar-refractivity contribution in [1.82, 2.24) is 5.32 Å². The Labute approximate surface area is 110 Å². The van der Waals surface area contributed by atoms with Gasteiger partial charge in [-0.15, -0.1) is 0 Å². The van der Waals surface area contributed by atoms with Crippen molar-refractivity contribution in [3.63, 3.8) is 0 Å². The predicted molar refractivity (Wildman–Crippen MR) is 75.4 cm³/mol. The highest BCUT2D eigenvalue weighted by Crippen LogP contribution is 2.28. The molecule has 0 aliphatic heterocycles. The standard InChI is InChI=1S/C15H25NO2/c1-4-13(2)14-7-5-6-8-15(14)18-12-10-16-9-11-17-3/h5-8,13,16H,4,9-12H2,1-3H3/t13-/m1/s1. The first-order valence-electron chi connectivity index (χ1n) is 6.71. The quantitative estimate of drug-likeness (QED) is 0.685. The van der Waals surface area contributed by atoms with Crippen molar-refractivity contribution >= 4 is 0 Å². The van der Waals surface area contributed by atoms with Crippen LogP contribution < -0.4 is 10.1 Å². The van der Waals surface area contributed by atoms with Gasteiger partial charge in [0.1, 0.15) is 12.4 Å². The van der Waals surface area contributed by atoms with Crippen molar-refractivity contribution in [3.8, 4) is 5.75 Å². The Bertz CT molecular complexity index is 328. The van der Waals surface area contributed by atoms with Gasteiger partial charge in [-0.05, 0) is 24.0 Å². The molecule has 3 heteroatoms. The third-order valence-corrected chi connectivity index (χ3v) is 3.08. The fraction of sp³-hybridized carbons (Fsp3) is 0.600. The molecule has 0 saturated heterocycles. The van der Waals surface area contributed by atoms with Crippen molar-refractivity contribution in [2.24, 2.45) is 0 Å². The highest BCUT2D eigenvalue weighted by Gasteiger charge is 2.08. The smallest absolute Gasteiger partial charge is 0.122 e. The topological polar surface area (TPSA) is 30.5 Å². The molecule has 1 aromatic rings. The maximum Gasteiger partial charge on any atom is 0.122 e. The molecule has 1 atom stereocenters. The summed E-state index contributed by atoms with van der Waals surface area (Å²) in [5.41, 5.74) is 1.30. The van der Waals surface area contributed by atoms with E-state index >= 15 is 0 Å². The lowest BCUT2D eigenvalue weighted by molar-refractivity contribution is 0.196. The van der Waals surface area contributed by atoms with Crippen LogP contribution in [-0.2, 0) is 4.74 Å². The molecule has 0 radical (unpaired) electrons. The van der Waals surface area contributed by atoms with E-state index in [4.69, 9.17) is 9.47 Å². The lowest BCUT2D eigenvalue weighted by Gasteiger charge is -2.15. The SMILES string of the molecule is CC[C@@H](C)c1ccccc1OCCNCCOC. The second-order valence-electron chi connectivity index (χ2n) is 4.44.